The lowest BCUT2D eigenvalue weighted by Gasteiger charge is -2.11. The number of rotatable bonds is 6. The minimum absolute atomic E-state index is 0.228. The van der Waals surface area contributed by atoms with Crippen molar-refractivity contribution in [2.75, 3.05) is 13.7 Å². The monoisotopic (exact) mass is 246 g/mol. The molecule has 0 saturated carbocycles. The zero-order valence-electron chi connectivity index (χ0n) is 10.5. The molecule has 0 aliphatic heterocycles. The second-order valence-corrected chi connectivity index (χ2v) is 4.06. The molecule has 96 valence electrons. The van der Waals surface area contributed by atoms with Gasteiger partial charge in [-0.15, -0.1) is 0 Å². The van der Waals surface area contributed by atoms with E-state index in [0.29, 0.717) is 12.4 Å². The molecule has 2 rings (SSSR count). The molecule has 0 fully saturated rings. The van der Waals surface area contributed by atoms with Crippen LogP contribution in [0.1, 0.15) is 29.7 Å². The van der Waals surface area contributed by atoms with E-state index in [1.54, 1.807) is 7.11 Å². The van der Waals surface area contributed by atoms with E-state index in [2.05, 4.69) is 15.2 Å². The Morgan fingerprint density at radius 1 is 1.33 bits per heavy atom. The zero-order chi connectivity index (χ0) is 12.8. The molecule has 1 unspecified atom stereocenters. The van der Waals surface area contributed by atoms with Crippen LogP contribution in [-0.4, -0.2) is 28.8 Å². The van der Waals surface area contributed by atoms with E-state index >= 15 is 0 Å². The Labute approximate surface area is 106 Å². The van der Waals surface area contributed by atoms with Gasteiger partial charge in [0.25, 0.3) is 0 Å². The highest BCUT2D eigenvalue weighted by molar-refractivity contribution is 5.22. The molecule has 5 heteroatoms. The Morgan fingerprint density at radius 2 is 2.11 bits per heavy atom. The lowest BCUT2D eigenvalue weighted by molar-refractivity contribution is 0.129. The van der Waals surface area contributed by atoms with E-state index in [1.807, 2.05) is 30.3 Å². The van der Waals surface area contributed by atoms with Crippen LogP contribution in [0.5, 0.6) is 0 Å². The fourth-order valence-corrected chi connectivity index (χ4v) is 1.83. The molecule has 1 heterocycles. The van der Waals surface area contributed by atoms with Crippen molar-refractivity contribution in [1.82, 2.24) is 15.2 Å². The summed E-state index contributed by atoms with van der Waals surface area (Å²) in [6.45, 7) is 0.655. The number of nitrogens with zero attached hydrogens (tertiary/aromatic N) is 2. The summed E-state index contributed by atoms with van der Waals surface area (Å²) in [6, 6.07) is 9.93. The standard InChI is InChI=1S/C13H18N4O/c1-18-12(10-6-3-2-4-7-10)13-15-11(16-17-13)8-5-9-14/h2-4,6-7,12H,5,8-9,14H2,1H3,(H,15,16,17). The summed E-state index contributed by atoms with van der Waals surface area (Å²) >= 11 is 0. The summed E-state index contributed by atoms with van der Waals surface area (Å²) in [5.41, 5.74) is 6.52. The van der Waals surface area contributed by atoms with Gasteiger partial charge in [0.15, 0.2) is 5.82 Å². The first-order valence-corrected chi connectivity index (χ1v) is 6.04. The number of nitrogens with two attached hydrogens (primary N) is 1. The third kappa shape index (κ3) is 2.94. The van der Waals surface area contributed by atoms with Gasteiger partial charge in [0.05, 0.1) is 0 Å². The van der Waals surface area contributed by atoms with Gasteiger partial charge in [-0.1, -0.05) is 30.3 Å². The highest BCUT2D eigenvalue weighted by Crippen LogP contribution is 2.21. The molecule has 0 aliphatic carbocycles. The number of ether oxygens (including phenoxy) is 1. The van der Waals surface area contributed by atoms with E-state index < -0.39 is 0 Å². The molecule has 0 amide bonds. The Balaban J connectivity index is 2.15. The van der Waals surface area contributed by atoms with E-state index in [0.717, 1.165) is 24.2 Å². The Hall–Kier alpha value is -1.72. The maximum atomic E-state index is 5.47. The topological polar surface area (TPSA) is 76.8 Å². The number of hydrogen-bond acceptors (Lipinski definition) is 4. The van der Waals surface area contributed by atoms with Gasteiger partial charge in [-0.2, -0.15) is 5.10 Å². The smallest absolute Gasteiger partial charge is 0.183 e. The number of nitrogens with one attached hydrogen (secondary N) is 1. The lowest BCUT2D eigenvalue weighted by atomic mass is 10.1. The van der Waals surface area contributed by atoms with Gasteiger partial charge in [-0.3, -0.25) is 5.10 Å². The minimum atomic E-state index is -0.228. The summed E-state index contributed by atoms with van der Waals surface area (Å²) in [7, 11) is 1.66. The van der Waals surface area contributed by atoms with Crippen LogP contribution in [0.3, 0.4) is 0 Å². The maximum Gasteiger partial charge on any atom is 0.183 e. The van der Waals surface area contributed by atoms with E-state index in [9.17, 15) is 0 Å². The van der Waals surface area contributed by atoms with Crippen molar-refractivity contribution in [2.45, 2.75) is 18.9 Å². The van der Waals surface area contributed by atoms with Crippen molar-refractivity contribution < 1.29 is 4.74 Å². The van der Waals surface area contributed by atoms with Crippen molar-refractivity contribution in [2.24, 2.45) is 5.73 Å². The van der Waals surface area contributed by atoms with Crippen LogP contribution >= 0.6 is 0 Å². The summed E-state index contributed by atoms with van der Waals surface area (Å²) < 4.78 is 5.47. The highest BCUT2D eigenvalue weighted by Gasteiger charge is 2.17. The minimum Gasteiger partial charge on any atom is -0.369 e. The second-order valence-electron chi connectivity index (χ2n) is 4.06. The second kappa shape index (κ2) is 6.28. The van der Waals surface area contributed by atoms with Gasteiger partial charge >= 0.3 is 0 Å². The van der Waals surface area contributed by atoms with E-state index in [1.165, 1.54) is 0 Å². The van der Waals surface area contributed by atoms with Crippen molar-refractivity contribution in [1.29, 1.82) is 0 Å². The van der Waals surface area contributed by atoms with Gasteiger partial charge in [0.2, 0.25) is 0 Å². The molecule has 18 heavy (non-hydrogen) atoms. The van der Waals surface area contributed by atoms with Gasteiger partial charge in [-0.25, -0.2) is 4.98 Å². The first-order chi connectivity index (χ1) is 8.85. The summed E-state index contributed by atoms with van der Waals surface area (Å²) in [5.74, 6) is 1.52. The highest BCUT2D eigenvalue weighted by atomic mass is 16.5. The Kier molecular flexibility index (Phi) is 4.44. The molecule has 5 nitrogen and oxygen atoms in total. The Bertz CT molecular complexity index is 469. The Morgan fingerprint density at radius 3 is 2.78 bits per heavy atom. The molecule has 0 spiro atoms. The molecule has 1 atom stereocenters. The average Bonchev–Trinajstić information content (AvgIpc) is 2.87. The van der Waals surface area contributed by atoms with Crippen LogP contribution in [0.15, 0.2) is 30.3 Å². The number of aromatic nitrogens is 3. The van der Waals surface area contributed by atoms with Crippen LogP contribution in [0.2, 0.25) is 0 Å². The third-order valence-corrected chi connectivity index (χ3v) is 2.74. The largest absolute Gasteiger partial charge is 0.369 e. The first-order valence-electron chi connectivity index (χ1n) is 6.04. The van der Waals surface area contributed by atoms with Gasteiger partial charge in [-0.05, 0) is 18.5 Å². The number of hydrogen-bond donors (Lipinski definition) is 2. The van der Waals surface area contributed by atoms with Crippen LogP contribution in [0.25, 0.3) is 0 Å². The molecule has 3 N–H and O–H groups in total. The molecule has 1 aromatic heterocycles. The van der Waals surface area contributed by atoms with Gasteiger partial charge in [0, 0.05) is 13.5 Å². The van der Waals surface area contributed by atoms with E-state index in [4.69, 9.17) is 10.5 Å². The summed E-state index contributed by atoms with van der Waals surface area (Å²) in [4.78, 5) is 4.45. The normalized spacial score (nSPS) is 12.6. The van der Waals surface area contributed by atoms with Crippen LogP contribution in [0.4, 0.5) is 0 Å². The molecule has 2 aromatic rings. The fraction of sp³-hybridized carbons (Fsp3) is 0.385. The van der Waals surface area contributed by atoms with Crippen molar-refractivity contribution in [3.63, 3.8) is 0 Å². The van der Waals surface area contributed by atoms with Crippen LogP contribution in [-0.2, 0) is 11.2 Å². The SMILES string of the molecule is COC(c1ccccc1)c1n[nH]c(CCCN)n1. The number of aromatic amines is 1. The predicted octanol–water partition coefficient (Wildman–Crippen LogP) is 1.43. The molecular weight excluding hydrogens is 228 g/mol. The van der Waals surface area contributed by atoms with Gasteiger partial charge in [0.1, 0.15) is 11.9 Å². The average molecular weight is 246 g/mol. The molecule has 0 saturated heterocycles. The molecular formula is C13H18N4O. The van der Waals surface area contributed by atoms with Crippen molar-refractivity contribution in [3.8, 4) is 0 Å². The molecule has 0 radical (unpaired) electrons. The third-order valence-electron chi connectivity index (χ3n) is 2.74. The maximum absolute atomic E-state index is 5.47. The summed E-state index contributed by atoms with van der Waals surface area (Å²) in [5, 5.41) is 7.14. The van der Waals surface area contributed by atoms with E-state index in [-0.39, 0.29) is 6.10 Å². The lowest BCUT2D eigenvalue weighted by Crippen LogP contribution is -2.06. The summed E-state index contributed by atoms with van der Waals surface area (Å²) in [6.07, 6.45) is 1.49. The van der Waals surface area contributed by atoms with Gasteiger partial charge < -0.3 is 10.5 Å². The van der Waals surface area contributed by atoms with Crippen LogP contribution < -0.4 is 5.73 Å². The first kappa shape index (κ1) is 12.7. The predicted molar refractivity (Wildman–Crippen MR) is 69.1 cm³/mol. The number of aryl methyl sites for hydroxylation is 1. The zero-order valence-corrected chi connectivity index (χ0v) is 10.5. The van der Waals surface area contributed by atoms with Crippen molar-refractivity contribution >= 4 is 0 Å². The fourth-order valence-electron chi connectivity index (χ4n) is 1.83. The quantitative estimate of drug-likeness (QED) is 0.808. The molecule has 1 aromatic carbocycles. The van der Waals surface area contributed by atoms with Crippen molar-refractivity contribution in [3.05, 3.63) is 47.5 Å². The number of H-pyrrole nitrogens is 1. The number of methoxy groups -OCH3 is 1. The molecule has 0 aliphatic rings. The number of benzene rings is 1. The van der Waals surface area contributed by atoms with Crippen LogP contribution in [0, 0.1) is 0 Å². The molecule has 0 bridgehead atoms.